The molecule has 1 fully saturated rings. The minimum absolute atomic E-state index is 0. The van der Waals surface area contributed by atoms with Crippen molar-refractivity contribution in [2.24, 2.45) is 4.99 Å². The van der Waals surface area contributed by atoms with Crippen molar-refractivity contribution in [3.05, 3.63) is 17.7 Å². The Morgan fingerprint density at radius 2 is 1.62 bits per heavy atom. The number of hydrogen-bond donors (Lipinski definition) is 2. The molecule has 0 aromatic heterocycles. The molecule has 1 aromatic rings. The van der Waals surface area contributed by atoms with Crippen molar-refractivity contribution in [3.8, 4) is 17.2 Å². The summed E-state index contributed by atoms with van der Waals surface area (Å²) in [5.74, 6) is 2.66. The van der Waals surface area contributed by atoms with Gasteiger partial charge in [-0.25, -0.2) is 0 Å². The topological polar surface area (TPSA) is 70.6 Å². The van der Waals surface area contributed by atoms with E-state index in [9.17, 15) is 0 Å². The van der Waals surface area contributed by atoms with Gasteiger partial charge in [-0.05, 0) is 31.7 Å². The molecular formula is C20H36IN5O3. The first kappa shape index (κ1) is 25.6. The van der Waals surface area contributed by atoms with Gasteiger partial charge in [-0.15, -0.1) is 24.0 Å². The molecule has 0 saturated carbocycles. The van der Waals surface area contributed by atoms with Crippen molar-refractivity contribution in [2.45, 2.75) is 19.5 Å². The molecule has 9 heteroatoms. The summed E-state index contributed by atoms with van der Waals surface area (Å²) in [6, 6.07) is 4.33. The Labute approximate surface area is 192 Å². The van der Waals surface area contributed by atoms with Crippen LogP contribution in [0.25, 0.3) is 0 Å². The molecule has 1 aliphatic heterocycles. The average Bonchev–Trinajstić information content (AvgIpc) is 2.73. The summed E-state index contributed by atoms with van der Waals surface area (Å²) in [4.78, 5) is 9.21. The first-order valence-corrected chi connectivity index (χ1v) is 9.68. The Morgan fingerprint density at radius 3 is 2.10 bits per heavy atom. The summed E-state index contributed by atoms with van der Waals surface area (Å²) in [6.07, 6.45) is 0. The van der Waals surface area contributed by atoms with Crippen LogP contribution in [0.2, 0.25) is 0 Å². The lowest BCUT2D eigenvalue weighted by Gasteiger charge is -2.36. The maximum absolute atomic E-state index is 5.42. The minimum Gasteiger partial charge on any atom is -0.493 e. The van der Waals surface area contributed by atoms with Crippen molar-refractivity contribution >= 4 is 29.9 Å². The highest BCUT2D eigenvalue weighted by atomic mass is 127. The molecule has 1 aliphatic rings. The summed E-state index contributed by atoms with van der Waals surface area (Å²) in [5.41, 5.74) is 1.02. The normalized spacial score (nSPS) is 16.6. The molecule has 1 saturated heterocycles. The maximum atomic E-state index is 5.42. The van der Waals surface area contributed by atoms with Gasteiger partial charge in [0.15, 0.2) is 17.5 Å². The fraction of sp³-hybridized carbons (Fsp3) is 0.650. The fourth-order valence-electron chi connectivity index (χ4n) is 3.28. The Hall–Kier alpha value is -1.46. The van der Waals surface area contributed by atoms with Crippen LogP contribution in [0.1, 0.15) is 12.5 Å². The zero-order chi connectivity index (χ0) is 20.5. The van der Waals surface area contributed by atoms with Gasteiger partial charge in [-0.3, -0.25) is 9.89 Å². The van der Waals surface area contributed by atoms with Gasteiger partial charge in [-0.1, -0.05) is 0 Å². The number of guanidine groups is 1. The Balaban J connectivity index is 0.00000420. The summed E-state index contributed by atoms with van der Waals surface area (Å²) < 4.78 is 16.2. The largest absolute Gasteiger partial charge is 0.493 e. The highest BCUT2D eigenvalue weighted by Gasteiger charge is 2.19. The van der Waals surface area contributed by atoms with E-state index in [0.29, 0.717) is 29.8 Å². The predicted octanol–water partition coefficient (Wildman–Crippen LogP) is 1.63. The van der Waals surface area contributed by atoms with E-state index in [4.69, 9.17) is 14.2 Å². The lowest BCUT2D eigenvalue weighted by molar-refractivity contribution is 0.120. The van der Waals surface area contributed by atoms with Crippen molar-refractivity contribution in [1.29, 1.82) is 0 Å². The molecule has 1 atom stereocenters. The molecule has 29 heavy (non-hydrogen) atoms. The number of nitrogens with one attached hydrogen (secondary N) is 2. The number of rotatable bonds is 8. The monoisotopic (exact) mass is 521 g/mol. The molecule has 0 bridgehead atoms. The highest BCUT2D eigenvalue weighted by molar-refractivity contribution is 14.0. The number of ether oxygens (including phenoxy) is 3. The molecule has 0 radical (unpaired) electrons. The van der Waals surface area contributed by atoms with Crippen molar-refractivity contribution in [3.63, 3.8) is 0 Å². The van der Waals surface area contributed by atoms with Gasteiger partial charge in [0.2, 0.25) is 5.75 Å². The Bertz CT molecular complexity index is 626. The van der Waals surface area contributed by atoms with E-state index in [-0.39, 0.29) is 24.0 Å². The van der Waals surface area contributed by atoms with Crippen LogP contribution in [-0.2, 0) is 6.54 Å². The summed E-state index contributed by atoms with van der Waals surface area (Å²) in [7, 11) is 8.80. The van der Waals surface area contributed by atoms with E-state index in [1.54, 1.807) is 28.4 Å². The lowest BCUT2D eigenvalue weighted by Crippen LogP contribution is -2.52. The molecule has 166 valence electrons. The smallest absolute Gasteiger partial charge is 0.203 e. The molecule has 0 amide bonds. The fourth-order valence-corrected chi connectivity index (χ4v) is 3.28. The van der Waals surface area contributed by atoms with Crippen molar-refractivity contribution < 1.29 is 14.2 Å². The predicted molar refractivity (Wildman–Crippen MR) is 128 cm³/mol. The summed E-state index contributed by atoms with van der Waals surface area (Å²) in [6.45, 7) is 8.16. The molecule has 0 aliphatic carbocycles. The lowest BCUT2D eigenvalue weighted by atomic mass is 10.2. The van der Waals surface area contributed by atoms with Crippen molar-refractivity contribution in [1.82, 2.24) is 20.4 Å². The highest BCUT2D eigenvalue weighted by Crippen LogP contribution is 2.38. The van der Waals surface area contributed by atoms with Gasteiger partial charge < -0.3 is 29.7 Å². The Morgan fingerprint density at radius 1 is 1.03 bits per heavy atom. The molecule has 2 N–H and O–H groups in total. The molecule has 1 heterocycles. The standard InChI is InChI=1S/C20H35N5O3.HI/c1-15(25-9-7-24(3)8-10-25)13-22-20(21-2)23-14-16-11-17(26-4)19(28-6)18(12-16)27-5;/h11-12,15H,7-10,13-14H2,1-6H3,(H2,21,22,23);1H. The number of halogens is 1. The summed E-state index contributed by atoms with van der Waals surface area (Å²) in [5, 5.41) is 6.78. The molecular weight excluding hydrogens is 485 g/mol. The van der Waals surface area contributed by atoms with Crippen molar-refractivity contribution in [2.75, 3.05) is 68.1 Å². The molecule has 1 aromatic carbocycles. The third-order valence-electron chi connectivity index (χ3n) is 5.13. The number of benzene rings is 1. The molecule has 1 unspecified atom stereocenters. The zero-order valence-corrected chi connectivity index (χ0v) is 20.8. The quantitative estimate of drug-likeness (QED) is 0.306. The van der Waals surface area contributed by atoms with Crippen LogP contribution >= 0.6 is 24.0 Å². The van der Waals surface area contributed by atoms with Crippen LogP contribution < -0.4 is 24.8 Å². The van der Waals surface area contributed by atoms with E-state index in [1.807, 2.05) is 12.1 Å². The van der Waals surface area contributed by atoms with Gasteiger partial charge in [0.25, 0.3) is 0 Å². The van der Waals surface area contributed by atoms with Crippen LogP contribution in [0.15, 0.2) is 17.1 Å². The first-order valence-electron chi connectivity index (χ1n) is 9.68. The van der Waals surface area contributed by atoms with Crippen LogP contribution in [0.3, 0.4) is 0 Å². The third kappa shape index (κ3) is 7.38. The van der Waals surface area contributed by atoms with Crippen LogP contribution in [0.4, 0.5) is 0 Å². The third-order valence-corrected chi connectivity index (χ3v) is 5.13. The first-order chi connectivity index (χ1) is 13.5. The molecule has 2 rings (SSSR count). The van der Waals surface area contributed by atoms with E-state index >= 15 is 0 Å². The van der Waals surface area contributed by atoms with E-state index < -0.39 is 0 Å². The zero-order valence-electron chi connectivity index (χ0n) is 18.4. The number of aliphatic imine (C=N–C) groups is 1. The van der Waals surface area contributed by atoms with E-state index in [2.05, 4.69) is 39.4 Å². The number of hydrogen-bond acceptors (Lipinski definition) is 6. The van der Waals surface area contributed by atoms with E-state index in [0.717, 1.165) is 44.2 Å². The second-order valence-electron chi connectivity index (χ2n) is 7.03. The van der Waals surface area contributed by atoms with Crippen LogP contribution in [-0.4, -0.2) is 89.9 Å². The van der Waals surface area contributed by atoms with Gasteiger partial charge in [0.05, 0.1) is 21.3 Å². The number of nitrogens with zero attached hydrogens (tertiary/aromatic N) is 3. The SMILES string of the molecule is CN=C(NCc1cc(OC)c(OC)c(OC)c1)NCC(C)N1CCN(C)CC1.I. The van der Waals surface area contributed by atoms with Gasteiger partial charge in [0.1, 0.15) is 0 Å². The maximum Gasteiger partial charge on any atom is 0.203 e. The molecule has 8 nitrogen and oxygen atoms in total. The second-order valence-corrected chi connectivity index (χ2v) is 7.03. The number of methoxy groups -OCH3 is 3. The van der Waals surface area contributed by atoms with Gasteiger partial charge in [-0.2, -0.15) is 0 Å². The van der Waals surface area contributed by atoms with E-state index in [1.165, 1.54) is 0 Å². The van der Waals surface area contributed by atoms with Crippen LogP contribution in [0.5, 0.6) is 17.2 Å². The van der Waals surface area contributed by atoms with Gasteiger partial charge in [0, 0.05) is 52.4 Å². The minimum atomic E-state index is 0. The Kier molecular flexibility index (Phi) is 11.4. The molecule has 0 spiro atoms. The second kappa shape index (κ2) is 13.0. The van der Waals surface area contributed by atoms with Gasteiger partial charge >= 0.3 is 0 Å². The van der Waals surface area contributed by atoms with Crippen LogP contribution in [0, 0.1) is 0 Å². The summed E-state index contributed by atoms with van der Waals surface area (Å²) >= 11 is 0. The average molecular weight is 521 g/mol. The number of likely N-dealkylation sites (N-methyl/N-ethyl adjacent to an activating group) is 1. The number of piperazine rings is 1.